The lowest BCUT2D eigenvalue weighted by Gasteiger charge is -2.43. The van der Waals surface area contributed by atoms with Gasteiger partial charge >= 0.3 is 5.97 Å². The molecule has 1 saturated carbocycles. The Labute approximate surface area is 110 Å². The molecule has 0 unspecified atom stereocenters. The Morgan fingerprint density at radius 1 is 1.53 bits per heavy atom. The van der Waals surface area contributed by atoms with Crippen LogP contribution in [0.3, 0.4) is 0 Å². The van der Waals surface area contributed by atoms with Crippen LogP contribution < -0.4 is 0 Å². The molecule has 0 radical (unpaired) electrons. The summed E-state index contributed by atoms with van der Waals surface area (Å²) < 4.78 is -0.661. The first kappa shape index (κ1) is 12.8. The van der Waals surface area contributed by atoms with E-state index >= 15 is 0 Å². The predicted octanol–water partition coefficient (Wildman–Crippen LogP) is 4.08. The maximum absolute atomic E-state index is 11.4. The quantitative estimate of drug-likeness (QED) is 0.896. The van der Waals surface area contributed by atoms with Crippen molar-refractivity contribution in [3.05, 3.63) is 29.3 Å². The van der Waals surface area contributed by atoms with Crippen molar-refractivity contribution in [3.8, 4) is 0 Å². The number of hydrogen-bond donors (Lipinski definition) is 1. The van der Waals surface area contributed by atoms with Gasteiger partial charge in [-0.25, -0.2) is 0 Å². The second-order valence-corrected chi connectivity index (χ2v) is 6.35. The first-order valence-electron chi connectivity index (χ1n) is 5.74. The normalized spacial score (nSPS) is 27.5. The van der Waals surface area contributed by atoms with Crippen LogP contribution in [0.4, 0.5) is 0 Å². The summed E-state index contributed by atoms with van der Waals surface area (Å²) in [4.78, 5) is 12.3. The molecular formula is C13H15ClO2S. The van der Waals surface area contributed by atoms with Crippen LogP contribution >= 0.6 is 23.4 Å². The van der Waals surface area contributed by atoms with Crippen LogP contribution in [0.15, 0.2) is 29.2 Å². The highest BCUT2D eigenvalue weighted by atomic mass is 35.5. The van der Waals surface area contributed by atoms with Gasteiger partial charge in [0.1, 0.15) is 4.75 Å². The van der Waals surface area contributed by atoms with E-state index in [4.69, 9.17) is 11.6 Å². The molecule has 1 N–H and O–H groups in total. The summed E-state index contributed by atoms with van der Waals surface area (Å²) in [5, 5.41) is 10.0. The van der Waals surface area contributed by atoms with Gasteiger partial charge in [-0.05, 0) is 30.9 Å². The molecule has 1 aromatic rings. The van der Waals surface area contributed by atoms with Crippen molar-refractivity contribution in [1.29, 1.82) is 0 Å². The number of halogens is 1. The van der Waals surface area contributed by atoms with Gasteiger partial charge in [0.05, 0.1) is 5.02 Å². The number of carbonyl (C=O) groups is 1. The standard InChI is InChI=1S/C13H15ClO2S/c1-2-9-7-13(8-9,12(15)16)17-11-6-4-3-5-10(11)14/h3-6,9H,2,7-8H2,1H3,(H,15,16). The largest absolute Gasteiger partial charge is 0.480 e. The fraction of sp³-hybridized carbons (Fsp3) is 0.462. The summed E-state index contributed by atoms with van der Waals surface area (Å²) in [6, 6.07) is 7.43. The first-order chi connectivity index (χ1) is 8.07. The molecule has 2 rings (SSSR count). The number of thioether (sulfide) groups is 1. The SMILES string of the molecule is CCC1CC(Sc2ccccc2Cl)(C(=O)O)C1. The molecule has 0 saturated heterocycles. The average molecular weight is 271 g/mol. The summed E-state index contributed by atoms with van der Waals surface area (Å²) in [5.41, 5.74) is 0. The van der Waals surface area contributed by atoms with Crippen molar-refractivity contribution in [1.82, 2.24) is 0 Å². The Kier molecular flexibility index (Phi) is 3.69. The van der Waals surface area contributed by atoms with Crippen LogP contribution in [-0.4, -0.2) is 15.8 Å². The maximum atomic E-state index is 11.4. The maximum Gasteiger partial charge on any atom is 0.320 e. The molecule has 92 valence electrons. The third-order valence-corrected chi connectivity index (χ3v) is 5.26. The van der Waals surface area contributed by atoms with Gasteiger partial charge in [-0.3, -0.25) is 4.79 Å². The number of rotatable bonds is 4. The molecule has 0 atom stereocenters. The van der Waals surface area contributed by atoms with E-state index in [1.165, 1.54) is 11.8 Å². The van der Waals surface area contributed by atoms with Gasteiger partial charge in [0, 0.05) is 4.90 Å². The zero-order chi connectivity index (χ0) is 12.5. The van der Waals surface area contributed by atoms with Crippen molar-refractivity contribution in [2.75, 3.05) is 0 Å². The third-order valence-electron chi connectivity index (χ3n) is 3.35. The van der Waals surface area contributed by atoms with Gasteiger partial charge < -0.3 is 5.11 Å². The second kappa shape index (κ2) is 4.91. The predicted molar refractivity (Wildman–Crippen MR) is 70.7 cm³/mol. The van der Waals surface area contributed by atoms with E-state index in [1.54, 1.807) is 6.07 Å². The second-order valence-electron chi connectivity index (χ2n) is 4.51. The van der Waals surface area contributed by atoms with Gasteiger partial charge in [0.25, 0.3) is 0 Å². The lowest BCUT2D eigenvalue weighted by molar-refractivity contribution is -0.143. The molecule has 2 nitrogen and oxygen atoms in total. The number of carboxylic acid groups (broad SMARTS) is 1. The van der Waals surface area contributed by atoms with Crippen LogP contribution in [0.25, 0.3) is 0 Å². The van der Waals surface area contributed by atoms with E-state index in [0.29, 0.717) is 10.9 Å². The Bertz CT molecular complexity index is 427. The molecule has 1 aromatic carbocycles. The van der Waals surface area contributed by atoms with Gasteiger partial charge in [0.15, 0.2) is 0 Å². The molecule has 1 aliphatic carbocycles. The molecule has 17 heavy (non-hydrogen) atoms. The van der Waals surface area contributed by atoms with Crippen molar-refractivity contribution < 1.29 is 9.90 Å². The highest BCUT2D eigenvalue weighted by Crippen LogP contribution is 2.53. The molecule has 1 aliphatic rings. The fourth-order valence-electron chi connectivity index (χ4n) is 2.20. The zero-order valence-corrected chi connectivity index (χ0v) is 11.2. The highest BCUT2D eigenvalue weighted by Gasteiger charge is 2.50. The van der Waals surface area contributed by atoms with Gasteiger partial charge in [-0.2, -0.15) is 0 Å². The minimum Gasteiger partial charge on any atom is -0.480 e. The summed E-state index contributed by atoms with van der Waals surface area (Å²) >= 11 is 7.47. The van der Waals surface area contributed by atoms with Crippen molar-refractivity contribution in [3.63, 3.8) is 0 Å². The molecule has 0 amide bonds. The summed E-state index contributed by atoms with van der Waals surface area (Å²) in [7, 11) is 0. The van der Waals surface area contributed by atoms with Crippen LogP contribution in [0.2, 0.25) is 5.02 Å². The number of hydrogen-bond acceptors (Lipinski definition) is 2. The average Bonchev–Trinajstić information content (AvgIpc) is 2.24. The third kappa shape index (κ3) is 2.45. The Balaban J connectivity index is 2.16. The van der Waals surface area contributed by atoms with Crippen molar-refractivity contribution in [2.24, 2.45) is 5.92 Å². The van der Waals surface area contributed by atoms with Crippen LogP contribution in [0.5, 0.6) is 0 Å². The van der Waals surface area contributed by atoms with E-state index in [0.717, 1.165) is 24.2 Å². The number of aliphatic carboxylic acids is 1. The highest BCUT2D eigenvalue weighted by molar-refractivity contribution is 8.01. The van der Waals surface area contributed by atoms with Crippen LogP contribution in [-0.2, 0) is 4.79 Å². The van der Waals surface area contributed by atoms with Gasteiger partial charge in [-0.15, -0.1) is 11.8 Å². The smallest absolute Gasteiger partial charge is 0.320 e. The minimum absolute atomic E-state index is 0.543. The molecule has 0 bridgehead atoms. The molecule has 0 heterocycles. The molecule has 0 aromatic heterocycles. The summed E-state index contributed by atoms with van der Waals surface area (Å²) in [5.74, 6) is -0.173. The summed E-state index contributed by atoms with van der Waals surface area (Å²) in [6.45, 7) is 2.11. The van der Waals surface area contributed by atoms with Crippen LogP contribution in [0, 0.1) is 5.92 Å². The lowest BCUT2D eigenvalue weighted by atomic mass is 9.73. The van der Waals surface area contributed by atoms with Crippen molar-refractivity contribution in [2.45, 2.75) is 35.8 Å². The topological polar surface area (TPSA) is 37.3 Å². The van der Waals surface area contributed by atoms with Gasteiger partial charge in [0.2, 0.25) is 0 Å². The van der Waals surface area contributed by atoms with Gasteiger partial charge in [-0.1, -0.05) is 37.1 Å². The first-order valence-corrected chi connectivity index (χ1v) is 6.94. The molecule has 0 aliphatic heterocycles. The van der Waals surface area contributed by atoms with E-state index < -0.39 is 10.7 Å². The minimum atomic E-state index is -0.716. The van der Waals surface area contributed by atoms with E-state index in [9.17, 15) is 9.90 Å². The molecule has 0 spiro atoms. The Morgan fingerprint density at radius 2 is 2.18 bits per heavy atom. The zero-order valence-electron chi connectivity index (χ0n) is 9.65. The fourth-order valence-corrected chi connectivity index (χ4v) is 3.91. The Morgan fingerprint density at radius 3 is 2.71 bits per heavy atom. The van der Waals surface area contributed by atoms with E-state index in [1.807, 2.05) is 18.2 Å². The van der Waals surface area contributed by atoms with Crippen LogP contribution in [0.1, 0.15) is 26.2 Å². The van der Waals surface area contributed by atoms with E-state index in [2.05, 4.69) is 6.92 Å². The van der Waals surface area contributed by atoms with E-state index in [-0.39, 0.29) is 0 Å². The molecule has 1 fully saturated rings. The van der Waals surface area contributed by atoms with Crippen molar-refractivity contribution >= 4 is 29.3 Å². The molecule has 4 heteroatoms. The number of carboxylic acids is 1. The Hall–Kier alpha value is -0.670. The monoisotopic (exact) mass is 270 g/mol. The molecular weight excluding hydrogens is 256 g/mol. The summed E-state index contributed by atoms with van der Waals surface area (Å²) in [6.07, 6.45) is 2.54. The lowest BCUT2D eigenvalue weighted by Crippen LogP contribution is -2.47. The number of benzene rings is 1.